The molecule has 3 aromatic rings. The highest BCUT2D eigenvalue weighted by Crippen LogP contribution is 2.30. The molecule has 1 aromatic carbocycles. The fourth-order valence-electron chi connectivity index (χ4n) is 3.79. The summed E-state index contributed by atoms with van der Waals surface area (Å²) >= 11 is 4.29. The molecule has 2 aromatic heterocycles. The van der Waals surface area contributed by atoms with Gasteiger partial charge in [-0.2, -0.15) is 0 Å². The van der Waals surface area contributed by atoms with Gasteiger partial charge in [0.1, 0.15) is 0 Å². The molecule has 31 heavy (non-hydrogen) atoms. The largest absolute Gasteiger partial charge is 0.418 e. The zero-order valence-electron chi connectivity index (χ0n) is 16.5. The molecule has 158 valence electrons. The molecule has 0 atom stereocenters. The summed E-state index contributed by atoms with van der Waals surface area (Å²) in [4.78, 5) is 38.1. The van der Waals surface area contributed by atoms with Crippen molar-refractivity contribution >= 4 is 41.8 Å². The van der Waals surface area contributed by atoms with E-state index in [0.717, 1.165) is 37.4 Å². The molecule has 0 saturated carbocycles. The monoisotopic (exact) mass is 436 g/mol. The first kappa shape index (κ1) is 19.6. The summed E-state index contributed by atoms with van der Waals surface area (Å²) in [6.45, 7) is 3.76. The van der Waals surface area contributed by atoms with Crippen LogP contribution in [0.1, 0.15) is 26.5 Å². The summed E-state index contributed by atoms with van der Waals surface area (Å²) in [6, 6.07) is 7.36. The maximum Gasteiger partial charge on any atom is 0.305 e. The molecule has 5 rings (SSSR count). The molecule has 0 bridgehead atoms. The quantitative estimate of drug-likeness (QED) is 0.539. The second-order valence-corrected chi connectivity index (χ2v) is 7.84. The third-order valence-electron chi connectivity index (χ3n) is 5.35. The van der Waals surface area contributed by atoms with Crippen LogP contribution in [0.3, 0.4) is 0 Å². The van der Waals surface area contributed by atoms with E-state index in [-0.39, 0.29) is 17.7 Å². The average molecular weight is 436 g/mol. The van der Waals surface area contributed by atoms with Gasteiger partial charge >= 0.3 is 6.01 Å². The van der Waals surface area contributed by atoms with Gasteiger partial charge in [-0.1, -0.05) is 6.07 Å². The van der Waals surface area contributed by atoms with Crippen molar-refractivity contribution in [3.8, 4) is 0 Å². The Labute approximate surface area is 183 Å². The van der Waals surface area contributed by atoms with Crippen LogP contribution in [0.15, 0.2) is 52.2 Å². The van der Waals surface area contributed by atoms with E-state index in [1.807, 2.05) is 18.2 Å². The van der Waals surface area contributed by atoms with Crippen LogP contribution in [-0.4, -0.2) is 48.0 Å². The Morgan fingerprint density at radius 2 is 2.03 bits per heavy atom. The Kier molecular flexibility index (Phi) is 5.08. The number of oxazole rings is 1. The zero-order valence-corrected chi connectivity index (χ0v) is 17.4. The highest BCUT2D eigenvalue weighted by Gasteiger charge is 2.32. The minimum absolute atomic E-state index is 0.0174. The number of benzene rings is 1. The number of amides is 2. The molecular weight excluding hydrogens is 416 g/mol. The smallest absolute Gasteiger partial charge is 0.305 e. The number of nitrogens with one attached hydrogen (secondary N) is 2. The maximum atomic E-state index is 12.8. The number of carbonyl (C=O) groups is 2. The normalized spacial score (nSPS) is 15.8. The van der Waals surface area contributed by atoms with Crippen LogP contribution in [0.25, 0.3) is 0 Å². The Morgan fingerprint density at radius 3 is 2.87 bits per heavy atom. The number of rotatable bonds is 4. The molecule has 0 spiro atoms. The number of hydrogen-bond acceptors (Lipinski definition) is 8. The van der Waals surface area contributed by atoms with Gasteiger partial charge < -0.3 is 20.0 Å². The van der Waals surface area contributed by atoms with Crippen molar-refractivity contribution < 1.29 is 14.0 Å². The van der Waals surface area contributed by atoms with Crippen LogP contribution in [0.2, 0.25) is 0 Å². The summed E-state index contributed by atoms with van der Waals surface area (Å²) in [6.07, 6.45) is 4.64. The van der Waals surface area contributed by atoms with E-state index in [4.69, 9.17) is 4.42 Å². The van der Waals surface area contributed by atoms with Crippen molar-refractivity contribution in [1.82, 2.24) is 15.3 Å². The molecule has 2 aliphatic rings. The second-order valence-electron chi connectivity index (χ2n) is 7.32. The molecule has 2 amide bonds. The molecule has 1 fully saturated rings. The van der Waals surface area contributed by atoms with Gasteiger partial charge in [0.15, 0.2) is 0 Å². The highest BCUT2D eigenvalue weighted by atomic mass is 32.1. The first-order valence-electron chi connectivity index (χ1n) is 9.91. The molecule has 9 nitrogen and oxygen atoms in total. The van der Waals surface area contributed by atoms with E-state index < -0.39 is 5.91 Å². The van der Waals surface area contributed by atoms with Gasteiger partial charge in [0, 0.05) is 42.8 Å². The summed E-state index contributed by atoms with van der Waals surface area (Å²) < 4.78 is 5.64. The number of nitrogens with zero attached hydrogens (tertiary/aromatic N) is 4. The molecule has 0 aliphatic carbocycles. The van der Waals surface area contributed by atoms with Gasteiger partial charge in [-0.15, -0.1) is 12.6 Å². The summed E-state index contributed by atoms with van der Waals surface area (Å²) in [5.74, 6) is -0.665. The SMILES string of the molecule is O=C(Nc1cnccc1N1CCNCC1)c1cnc(N2Cc3ccc(S)cc3C2=O)o1. The topological polar surface area (TPSA) is 104 Å². The molecule has 0 radical (unpaired) electrons. The minimum atomic E-state index is -0.454. The molecule has 10 heteroatoms. The third kappa shape index (κ3) is 3.75. The minimum Gasteiger partial charge on any atom is -0.418 e. The first-order chi connectivity index (χ1) is 15.1. The lowest BCUT2D eigenvalue weighted by atomic mass is 10.1. The fourth-order valence-corrected chi connectivity index (χ4v) is 3.99. The number of aromatic nitrogens is 2. The van der Waals surface area contributed by atoms with Crippen molar-refractivity contribution in [2.24, 2.45) is 0 Å². The van der Waals surface area contributed by atoms with Gasteiger partial charge in [-0.3, -0.25) is 19.5 Å². The fraction of sp³-hybridized carbons (Fsp3) is 0.238. The van der Waals surface area contributed by atoms with Crippen LogP contribution in [0, 0.1) is 0 Å². The van der Waals surface area contributed by atoms with Crippen LogP contribution >= 0.6 is 12.6 Å². The lowest BCUT2D eigenvalue weighted by Crippen LogP contribution is -2.43. The van der Waals surface area contributed by atoms with Crippen molar-refractivity contribution in [1.29, 1.82) is 0 Å². The molecule has 2 aliphatic heterocycles. The Morgan fingerprint density at radius 1 is 1.19 bits per heavy atom. The maximum absolute atomic E-state index is 12.8. The van der Waals surface area contributed by atoms with Crippen LogP contribution < -0.4 is 20.4 Å². The molecular formula is C21H20N6O3S. The predicted octanol–water partition coefficient (Wildman–Crippen LogP) is 2.18. The second kappa shape index (κ2) is 8.05. The summed E-state index contributed by atoms with van der Waals surface area (Å²) in [5, 5.41) is 6.16. The van der Waals surface area contributed by atoms with E-state index in [9.17, 15) is 9.59 Å². The Balaban J connectivity index is 1.33. The van der Waals surface area contributed by atoms with Gasteiger partial charge in [0.05, 0.1) is 30.3 Å². The van der Waals surface area contributed by atoms with Gasteiger partial charge in [-0.25, -0.2) is 4.98 Å². The van der Waals surface area contributed by atoms with Gasteiger partial charge in [0.25, 0.3) is 11.8 Å². The summed E-state index contributed by atoms with van der Waals surface area (Å²) in [5.41, 5.74) is 2.92. The van der Waals surface area contributed by atoms with E-state index in [1.54, 1.807) is 18.5 Å². The van der Waals surface area contributed by atoms with E-state index in [2.05, 4.69) is 38.1 Å². The number of hydrogen-bond donors (Lipinski definition) is 3. The van der Waals surface area contributed by atoms with E-state index in [0.29, 0.717) is 22.7 Å². The van der Waals surface area contributed by atoms with E-state index in [1.165, 1.54) is 11.1 Å². The van der Waals surface area contributed by atoms with Gasteiger partial charge in [-0.05, 0) is 23.8 Å². The number of pyridine rings is 1. The van der Waals surface area contributed by atoms with Crippen molar-refractivity contribution in [3.05, 3.63) is 59.7 Å². The van der Waals surface area contributed by atoms with Crippen LogP contribution in [-0.2, 0) is 6.54 Å². The molecule has 0 unspecified atom stereocenters. The lowest BCUT2D eigenvalue weighted by Gasteiger charge is -2.30. The number of carbonyl (C=O) groups excluding carboxylic acids is 2. The third-order valence-corrected chi connectivity index (χ3v) is 5.63. The predicted molar refractivity (Wildman–Crippen MR) is 118 cm³/mol. The number of piperazine rings is 1. The van der Waals surface area contributed by atoms with Crippen molar-refractivity contribution in [3.63, 3.8) is 0 Å². The van der Waals surface area contributed by atoms with E-state index >= 15 is 0 Å². The number of fused-ring (bicyclic) bond motifs is 1. The number of thiol groups is 1. The van der Waals surface area contributed by atoms with Crippen molar-refractivity contribution in [2.75, 3.05) is 41.3 Å². The standard InChI is InChI=1S/C21H20N6O3S/c28-19(25-16-10-23-4-3-17(16)26-7-5-22-6-8-26)18-11-24-21(30-18)27-12-13-1-2-14(31)9-15(13)20(27)29/h1-4,9-11,22,31H,5-8,12H2,(H,25,28). The highest BCUT2D eigenvalue weighted by molar-refractivity contribution is 7.80. The van der Waals surface area contributed by atoms with Crippen LogP contribution in [0.5, 0.6) is 0 Å². The Hall–Kier alpha value is -3.37. The Bertz CT molecular complexity index is 1160. The van der Waals surface area contributed by atoms with Gasteiger partial charge in [0.2, 0.25) is 5.76 Å². The lowest BCUT2D eigenvalue weighted by molar-refractivity contribution is 0.0974. The van der Waals surface area contributed by atoms with Crippen LogP contribution in [0.4, 0.5) is 17.4 Å². The molecule has 2 N–H and O–H groups in total. The first-order valence-corrected chi connectivity index (χ1v) is 10.4. The molecule has 4 heterocycles. The molecule has 1 saturated heterocycles. The van der Waals surface area contributed by atoms with Crippen molar-refractivity contribution in [2.45, 2.75) is 11.4 Å². The number of anilines is 3. The zero-order chi connectivity index (χ0) is 21.4. The average Bonchev–Trinajstić information content (AvgIpc) is 3.40. The summed E-state index contributed by atoms with van der Waals surface area (Å²) in [7, 11) is 0.